The van der Waals surface area contributed by atoms with Crippen molar-refractivity contribution in [2.24, 2.45) is 0 Å². The summed E-state index contributed by atoms with van der Waals surface area (Å²) in [4.78, 5) is 36.7. The van der Waals surface area contributed by atoms with Crippen LogP contribution in [0.2, 0.25) is 0 Å². The molecular weight excluding hydrogens is 251 g/mol. The Hall–Kier alpha value is -1.35. The topological polar surface area (TPSA) is 160 Å². The summed E-state index contributed by atoms with van der Waals surface area (Å²) >= 11 is 0. The molecule has 0 saturated carbocycles. The van der Waals surface area contributed by atoms with Crippen LogP contribution in [-0.4, -0.2) is 51.6 Å². The SMILES string of the molecule is O=C(O)OCC(COP(=O)(O)O)OC(=O)O. The van der Waals surface area contributed by atoms with E-state index >= 15 is 0 Å². The highest BCUT2D eigenvalue weighted by molar-refractivity contribution is 7.46. The van der Waals surface area contributed by atoms with Crippen LogP contribution in [0.3, 0.4) is 0 Å². The number of hydrogen-bond donors (Lipinski definition) is 4. The molecule has 94 valence electrons. The summed E-state index contributed by atoms with van der Waals surface area (Å²) in [5, 5.41) is 16.3. The van der Waals surface area contributed by atoms with Gasteiger partial charge in [0.25, 0.3) is 0 Å². The lowest BCUT2D eigenvalue weighted by atomic mass is 10.4. The van der Waals surface area contributed by atoms with E-state index in [1.165, 1.54) is 0 Å². The Bertz CT molecular complexity index is 294. The van der Waals surface area contributed by atoms with E-state index in [0.29, 0.717) is 0 Å². The molecule has 0 amide bonds. The summed E-state index contributed by atoms with van der Waals surface area (Å²) in [5.41, 5.74) is 0. The van der Waals surface area contributed by atoms with Crippen molar-refractivity contribution in [3.8, 4) is 0 Å². The molecule has 11 heteroatoms. The number of phosphoric acid groups is 1. The first-order valence-electron chi connectivity index (χ1n) is 3.66. The first kappa shape index (κ1) is 14.6. The van der Waals surface area contributed by atoms with Crippen molar-refractivity contribution in [2.75, 3.05) is 13.2 Å². The molecule has 0 aromatic heterocycles. The molecule has 0 spiro atoms. The maximum absolute atomic E-state index is 10.3. The first-order valence-corrected chi connectivity index (χ1v) is 5.19. The molecule has 0 fully saturated rings. The summed E-state index contributed by atoms with van der Waals surface area (Å²) in [5.74, 6) is 0. The van der Waals surface area contributed by atoms with Gasteiger partial charge in [0, 0.05) is 0 Å². The number of ether oxygens (including phenoxy) is 2. The van der Waals surface area contributed by atoms with Gasteiger partial charge in [-0.25, -0.2) is 14.2 Å². The van der Waals surface area contributed by atoms with Crippen LogP contribution in [-0.2, 0) is 18.6 Å². The van der Waals surface area contributed by atoms with E-state index in [-0.39, 0.29) is 0 Å². The van der Waals surface area contributed by atoms with Crippen molar-refractivity contribution < 1.29 is 48.2 Å². The van der Waals surface area contributed by atoms with E-state index in [1.54, 1.807) is 0 Å². The molecule has 0 bridgehead atoms. The molecule has 0 aromatic carbocycles. The van der Waals surface area contributed by atoms with Crippen molar-refractivity contribution >= 4 is 20.1 Å². The molecule has 1 atom stereocenters. The third kappa shape index (κ3) is 9.21. The van der Waals surface area contributed by atoms with Crippen LogP contribution in [0.25, 0.3) is 0 Å². The van der Waals surface area contributed by atoms with Crippen molar-refractivity contribution in [2.45, 2.75) is 6.10 Å². The molecule has 10 nitrogen and oxygen atoms in total. The molecule has 0 aliphatic heterocycles. The van der Waals surface area contributed by atoms with Crippen LogP contribution in [0.4, 0.5) is 9.59 Å². The fourth-order valence-electron chi connectivity index (χ4n) is 0.603. The van der Waals surface area contributed by atoms with Crippen LogP contribution in [0.1, 0.15) is 0 Å². The van der Waals surface area contributed by atoms with Gasteiger partial charge >= 0.3 is 20.1 Å². The van der Waals surface area contributed by atoms with Crippen molar-refractivity contribution in [1.29, 1.82) is 0 Å². The maximum atomic E-state index is 10.3. The van der Waals surface area contributed by atoms with Gasteiger partial charge in [-0.2, -0.15) is 0 Å². The summed E-state index contributed by atoms with van der Waals surface area (Å²) in [6.45, 7) is -1.56. The zero-order chi connectivity index (χ0) is 12.8. The van der Waals surface area contributed by atoms with Gasteiger partial charge in [0.2, 0.25) is 0 Å². The standard InChI is InChI=1S/C5H9O10P/c6-4(7)13-1-3(15-5(8)9)2-14-16(10,11)12/h3H,1-2H2,(H,6,7)(H,8,9)(H2,10,11,12). The average molecular weight is 260 g/mol. The Morgan fingerprint density at radius 2 is 1.69 bits per heavy atom. The minimum atomic E-state index is -4.79. The molecule has 0 radical (unpaired) electrons. The van der Waals surface area contributed by atoms with E-state index in [1.807, 2.05) is 0 Å². The second kappa shape index (κ2) is 6.28. The smallest absolute Gasteiger partial charge is 0.450 e. The molecule has 1 unspecified atom stereocenters. The predicted molar refractivity (Wildman–Crippen MR) is 44.9 cm³/mol. The van der Waals surface area contributed by atoms with Gasteiger partial charge < -0.3 is 29.5 Å². The van der Waals surface area contributed by atoms with Crippen LogP contribution in [0.15, 0.2) is 0 Å². The largest absolute Gasteiger partial charge is 0.506 e. The van der Waals surface area contributed by atoms with Gasteiger partial charge in [-0.05, 0) is 0 Å². The number of hydrogen-bond acceptors (Lipinski definition) is 6. The van der Waals surface area contributed by atoms with E-state index < -0.39 is 39.5 Å². The molecule has 0 rings (SSSR count). The molecule has 0 aliphatic carbocycles. The Balaban J connectivity index is 4.15. The van der Waals surface area contributed by atoms with Gasteiger partial charge in [0.1, 0.15) is 6.61 Å². The summed E-state index contributed by atoms with van der Waals surface area (Å²) in [6.07, 6.45) is -4.90. The van der Waals surface area contributed by atoms with E-state index in [0.717, 1.165) is 0 Å². The van der Waals surface area contributed by atoms with E-state index in [9.17, 15) is 14.2 Å². The quantitative estimate of drug-likeness (QED) is 0.373. The monoisotopic (exact) mass is 260 g/mol. The lowest BCUT2D eigenvalue weighted by Crippen LogP contribution is -2.28. The molecule has 0 aromatic rings. The van der Waals surface area contributed by atoms with Crippen molar-refractivity contribution in [3.05, 3.63) is 0 Å². The zero-order valence-electron chi connectivity index (χ0n) is 7.68. The lowest BCUT2D eigenvalue weighted by molar-refractivity contribution is -0.0167. The van der Waals surface area contributed by atoms with Gasteiger partial charge in [-0.3, -0.25) is 4.52 Å². The van der Waals surface area contributed by atoms with Crippen LogP contribution in [0, 0.1) is 0 Å². The molecule has 0 saturated heterocycles. The third-order valence-corrected chi connectivity index (χ3v) is 1.57. The second-order valence-corrected chi connectivity index (χ2v) is 3.61. The Labute approximate surface area is 88.6 Å². The average Bonchev–Trinajstić information content (AvgIpc) is 2.07. The predicted octanol–water partition coefficient (Wildman–Crippen LogP) is -0.147. The van der Waals surface area contributed by atoms with Crippen LogP contribution >= 0.6 is 7.82 Å². The number of rotatable bonds is 6. The Kier molecular flexibility index (Phi) is 5.75. The molecule has 16 heavy (non-hydrogen) atoms. The highest BCUT2D eigenvalue weighted by Gasteiger charge is 2.22. The van der Waals surface area contributed by atoms with E-state index in [2.05, 4.69) is 14.0 Å². The zero-order valence-corrected chi connectivity index (χ0v) is 8.57. The Morgan fingerprint density at radius 1 is 1.12 bits per heavy atom. The highest BCUT2D eigenvalue weighted by atomic mass is 31.2. The van der Waals surface area contributed by atoms with Gasteiger partial charge in [0.05, 0.1) is 6.61 Å². The number of carbonyl (C=O) groups is 2. The Morgan fingerprint density at radius 3 is 2.06 bits per heavy atom. The minimum absolute atomic E-state index is 0.734. The third-order valence-electron chi connectivity index (χ3n) is 1.09. The summed E-state index contributed by atoms with van der Waals surface area (Å²) in [6, 6.07) is 0. The van der Waals surface area contributed by atoms with Gasteiger partial charge in [0.15, 0.2) is 6.10 Å². The van der Waals surface area contributed by atoms with Gasteiger partial charge in [-0.15, -0.1) is 0 Å². The molecule has 4 N–H and O–H groups in total. The second-order valence-electron chi connectivity index (χ2n) is 2.37. The fraction of sp³-hybridized carbons (Fsp3) is 0.600. The van der Waals surface area contributed by atoms with Crippen molar-refractivity contribution in [1.82, 2.24) is 0 Å². The molecule has 0 heterocycles. The molecular formula is C5H9O10P. The summed E-state index contributed by atoms with van der Waals surface area (Å²) in [7, 11) is -4.79. The number of carboxylic acid groups (broad SMARTS) is 2. The van der Waals surface area contributed by atoms with Crippen molar-refractivity contribution in [3.63, 3.8) is 0 Å². The van der Waals surface area contributed by atoms with Crippen LogP contribution < -0.4 is 0 Å². The van der Waals surface area contributed by atoms with Gasteiger partial charge in [-0.1, -0.05) is 0 Å². The van der Waals surface area contributed by atoms with E-state index in [4.69, 9.17) is 20.0 Å². The minimum Gasteiger partial charge on any atom is -0.450 e. The maximum Gasteiger partial charge on any atom is 0.506 e. The van der Waals surface area contributed by atoms with Crippen LogP contribution in [0.5, 0.6) is 0 Å². The molecule has 0 aliphatic rings. The fourth-order valence-corrected chi connectivity index (χ4v) is 0.964. The lowest BCUT2D eigenvalue weighted by Gasteiger charge is -2.15. The highest BCUT2D eigenvalue weighted by Crippen LogP contribution is 2.35. The normalized spacial score (nSPS) is 12.9. The first-order chi connectivity index (χ1) is 7.20. The number of phosphoric ester groups is 1. The summed E-state index contributed by atoms with van der Waals surface area (Å²) < 4.78 is 22.2.